The van der Waals surface area contributed by atoms with Gasteiger partial charge in [-0.1, -0.05) is 12.2 Å². The molecule has 61 valence electrons. The third-order valence-corrected chi connectivity index (χ3v) is 2.30. The molecule has 0 aromatic carbocycles. The van der Waals surface area contributed by atoms with Crippen LogP contribution in [0.1, 0.15) is 25.7 Å². The minimum Gasteiger partial charge on any atom is -0.234 e. The molecule has 1 saturated heterocycles. The second kappa shape index (κ2) is 3.72. The third-order valence-electron chi connectivity index (χ3n) is 2.30. The lowest BCUT2D eigenvalue weighted by Crippen LogP contribution is -2.32. The molecule has 0 aromatic rings. The van der Waals surface area contributed by atoms with Gasteiger partial charge in [0.2, 0.25) is 0 Å². The summed E-state index contributed by atoms with van der Waals surface area (Å²) in [6.07, 6.45) is 8.42. The van der Waals surface area contributed by atoms with Gasteiger partial charge in [-0.15, -0.1) is 13.2 Å². The van der Waals surface area contributed by atoms with Gasteiger partial charge in [0.15, 0.2) is 0 Å². The highest BCUT2D eigenvalue weighted by molar-refractivity contribution is 5.00. The normalized spacial score (nSPS) is 21.5. The summed E-state index contributed by atoms with van der Waals surface area (Å²) < 4.78 is 0. The maximum atomic E-state index is 4.60. The van der Waals surface area contributed by atoms with Crippen LogP contribution in [0.5, 0.6) is 0 Å². The summed E-state index contributed by atoms with van der Waals surface area (Å²) in [5, 5.41) is 4.60. The van der Waals surface area contributed by atoms with Crippen molar-refractivity contribution in [3.63, 3.8) is 0 Å². The second-order valence-electron chi connectivity index (χ2n) is 3.20. The number of rotatable bonds is 4. The van der Waals surface area contributed by atoms with Gasteiger partial charge in [-0.05, 0) is 25.7 Å². The highest BCUT2D eigenvalue weighted by atomic mass is 15.0. The Morgan fingerprint density at radius 3 is 2.27 bits per heavy atom. The molecule has 1 radical (unpaired) electrons. The van der Waals surface area contributed by atoms with Gasteiger partial charge in [0.1, 0.15) is 0 Å². The summed E-state index contributed by atoms with van der Waals surface area (Å²) in [7, 11) is 0. The van der Waals surface area contributed by atoms with Gasteiger partial charge in [0.25, 0.3) is 0 Å². The second-order valence-corrected chi connectivity index (χ2v) is 3.20. The standard InChI is InChI=1S/C10H16N/c1-3-6-10(7-4-2)8-5-9-11-10/h3-4H,1-2,5-9H2. The maximum absolute atomic E-state index is 4.60. The fourth-order valence-corrected chi connectivity index (χ4v) is 1.76. The Hall–Kier alpha value is -0.560. The lowest BCUT2D eigenvalue weighted by Gasteiger charge is -2.24. The largest absolute Gasteiger partial charge is 0.234 e. The van der Waals surface area contributed by atoms with Crippen LogP contribution in [0.25, 0.3) is 0 Å². The molecule has 0 N–H and O–H groups in total. The predicted molar refractivity (Wildman–Crippen MR) is 48.6 cm³/mol. The minimum atomic E-state index is 0.184. The third kappa shape index (κ3) is 1.93. The zero-order valence-electron chi connectivity index (χ0n) is 7.05. The van der Waals surface area contributed by atoms with E-state index >= 15 is 0 Å². The minimum absolute atomic E-state index is 0.184. The molecule has 0 spiro atoms. The van der Waals surface area contributed by atoms with Crippen LogP contribution in [-0.4, -0.2) is 12.1 Å². The Morgan fingerprint density at radius 2 is 1.91 bits per heavy atom. The highest BCUT2D eigenvalue weighted by Gasteiger charge is 2.31. The van der Waals surface area contributed by atoms with Gasteiger partial charge >= 0.3 is 0 Å². The molecule has 0 unspecified atom stereocenters. The van der Waals surface area contributed by atoms with Crippen molar-refractivity contribution in [3.05, 3.63) is 25.3 Å². The molecular formula is C10H16N. The van der Waals surface area contributed by atoms with Gasteiger partial charge in [-0.25, -0.2) is 5.32 Å². The fraction of sp³-hybridized carbons (Fsp3) is 0.600. The quantitative estimate of drug-likeness (QED) is 0.546. The molecular weight excluding hydrogens is 134 g/mol. The molecule has 0 atom stereocenters. The fourth-order valence-electron chi connectivity index (χ4n) is 1.76. The van der Waals surface area contributed by atoms with E-state index in [0.29, 0.717) is 0 Å². The van der Waals surface area contributed by atoms with Crippen molar-refractivity contribution in [1.29, 1.82) is 0 Å². The zero-order chi connectivity index (χ0) is 8.16. The van der Waals surface area contributed by atoms with Crippen molar-refractivity contribution in [2.45, 2.75) is 31.2 Å². The molecule has 1 nitrogen and oxygen atoms in total. The first-order valence-corrected chi connectivity index (χ1v) is 4.23. The molecule has 0 amide bonds. The monoisotopic (exact) mass is 150 g/mol. The van der Waals surface area contributed by atoms with Gasteiger partial charge in [-0.2, -0.15) is 0 Å². The molecule has 1 heterocycles. The van der Waals surface area contributed by atoms with Gasteiger partial charge in [-0.3, -0.25) is 0 Å². The van der Waals surface area contributed by atoms with E-state index in [0.717, 1.165) is 19.4 Å². The smallest absolute Gasteiger partial charge is 0.0425 e. The Kier molecular flexibility index (Phi) is 2.89. The highest BCUT2D eigenvalue weighted by Crippen LogP contribution is 2.28. The topological polar surface area (TPSA) is 14.1 Å². The van der Waals surface area contributed by atoms with Crippen molar-refractivity contribution < 1.29 is 0 Å². The van der Waals surface area contributed by atoms with Crippen LogP contribution < -0.4 is 5.32 Å². The van der Waals surface area contributed by atoms with E-state index in [1.165, 1.54) is 12.8 Å². The molecule has 11 heavy (non-hydrogen) atoms. The van der Waals surface area contributed by atoms with Crippen molar-refractivity contribution in [2.75, 3.05) is 6.54 Å². The van der Waals surface area contributed by atoms with Crippen LogP contribution in [-0.2, 0) is 0 Å². The van der Waals surface area contributed by atoms with Crippen LogP contribution in [0.4, 0.5) is 0 Å². The van der Waals surface area contributed by atoms with Crippen molar-refractivity contribution in [2.24, 2.45) is 0 Å². The first-order chi connectivity index (χ1) is 5.33. The van der Waals surface area contributed by atoms with E-state index in [-0.39, 0.29) is 5.54 Å². The van der Waals surface area contributed by atoms with Crippen LogP contribution in [0.15, 0.2) is 25.3 Å². The number of nitrogens with zero attached hydrogens (tertiary/aromatic N) is 1. The van der Waals surface area contributed by atoms with Crippen LogP contribution in [0.2, 0.25) is 0 Å². The number of hydrogen-bond acceptors (Lipinski definition) is 0. The molecule has 1 fully saturated rings. The Bertz CT molecular complexity index is 131. The summed E-state index contributed by atoms with van der Waals surface area (Å²) >= 11 is 0. The Labute approximate surface area is 69.2 Å². The Balaban J connectivity index is 2.53. The average molecular weight is 150 g/mol. The lowest BCUT2D eigenvalue weighted by molar-refractivity contribution is 0.377. The van der Waals surface area contributed by atoms with E-state index in [2.05, 4.69) is 18.5 Å². The first kappa shape index (κ1) is 8.54. The lowest BCUT2D eigenvalue weighted by atomic mass is 9.90. The molecule has 0 saturated carbocycles. The van der Waals surface area contributed by atoms with Gasteiger partial charge in [0.05, 0.1) is 0 Å². The predicted octanol–water partition coefficient (Wildman–Crippen LogP) is 2.28. The van der Waals surface area contributed by atoms with Crippen molar-refractivity contribution >= 4 is 0 Å². The molecule has 1 rings (SSSR count). The van der Waals surface area contributed by atoms with E-state index < -0.39 is 0 Å². The summed E-state index contributed by atoms with van der Waals surface area (Å²) in [6.45, 7) is 8.54. The van der Waals surface area contributed by atoms with Gasteiger partial charge < -0.3 is 0 Å². The van der Waals surface area contributed by atoms with E-state index in [1.54, 1.807) is 0 Å². The van der Waals surface area contributed by atoms with E-state index in [4.69, 9.17) is 0 Å². The number of hydrogen-bond donors (Lipinski definition) is 0. The summed E-state index contributed by atoms with van der Waals surface area (Å²) in [5.41, 5.74) is 0.184. The van der Waals surface area contributed by atoms with Crippen LogP contribution in [0.3, 0.4) is 0 Å². The molecule has 0 bridgehead atoms. The van der Waals surface area contributed by atoms with Gasteiger partial charge in [0, 0.05) is 12.1 Å². The average Bonchev–Trinajstić information content (AvgIpc) is 2.39. The molecule has 0 aromatic heterocycles. The summed E-state index contributed by atoms with van der Waals surface area (Å²) in [6, 6.07) is 0. The van der Waals surface area contributed by atoms with Crippen LogP contribution in [0, 0.1) is 0 Å². The maximum Gasteiger partial charge on any atom is 0.0425 e. The van der Waals surface area contributed by atoms with E-state index in [1.807, 2.05) is 12.2 Å². The molecule has 1 aliphatic heterocycles. The summed E-state index contributed by atoms with van der Waals surface area (Å²) in [4.78, 5) is 0. The molecule has 1 aliphatic rings. The van der Waals surface area contributed by atoms with Crippen molar-refractivity contribution in [1.82, 2.24) is 5.32 Å². The first-order valence-electron chi connectivity index (χ1n) is 4.23. The molecule has 1 heteroatoms. The van der Waals surface area contributed by atoms with Crippen LogP contribution >= 0.6 is 0 Å². The zero-order valence-corrected chi connectivity index (χ0v) is 7.05. The van der Waals surface area contributed by atoms with E-state index in [9.17, 15) is 0 Å². The summed E-state index contributed by atoms with van der Waals surface area (Å²) in [5.74, 6) is 0. The molecule has 0 aliphatic carbocycles. The van der Waals surface area contributed by atoms with Crippen molar-refractivity contribution in [3.8, 4) is 0 Å². The Morgan fingerprint density at radius 1 is 1.27 bits per heavy atom. The SMILES string of the molecule is C=CCC1(CC=C)CCC[N]1.